The molecule has 0 saturated carbocycles. The van der Waals surface area contributed by atoms with Gasteiger partial charge < -0.3 is 20.8 Å². The van der Waals surface area contributed by atoms with Crippen LogP contribution < -0.4 is 10.6 Å². The van der Waals surface area contributed by atoms with Crippen molar-refractivity contribution >= 4 is 57.6 Å². The van der Waals surface area contributed by atoms with Crippen LogP contribution in [-0.4, -0.2) is 46.5 Å². The zero-order valence-corrected chi connectivity index (χ0v) is 14.5. The van der Waals surface area contributed by atoms with E-state index < -0.39 is 24.5 Å². The minimum Gasteiger partial charge on any atom is -0.394 e. The highest BCUT2D eigenvalue weighted by molar-refractivity contribution is 8.18. The summed E-state index contributed by atoms with van der Waals surface area (Å²) in [7, 11) is 0. The second kappa shape index (κ2) is 8.50. The number of carbonyl (C=O) groups excluding carboxylic acids is 2. The fourth-order valence-electron chi connectivity index (χ4n) is 1.64. The summed E-state index contributed by atoms with van der Waals surface area (Å²) in [5.41, 5.74) is 0.414. The lowest BCUT2D eigenvalue weighted by atomic mass is 10.3. The van der Waals surface area contributed by atoms with Crippen LogP contribution in [0.25, 0.3) is 0 Å². The summed E-state index contributed by atoms with van der Waals surface area (Å²) in [5, 5.41) is 24.0. The third kappa shape index (κ3) is 4.96. The molecule has 1 unspecified atom stereocenters. The van der Waals surface area contributed by atoms with Crippen LogP contribution in [0, 0.1) is 0 Å². The highest BCUT2D eigenvalue weighted by Crippen LogP contribution is 2.33. The summed E-state index contributed by atoms with van der Waals surface area (Å²) in [4.78, 5) is 27.4. The molecule has 0 spiro atoms. The number of rotatable bonds is 5. The molecular weight excluding hydrogens is 377 g/mol. The predicted molar refractivity (Wildman–Crippen MR) is 94.3 cm³/mol. The van der Waals surface area contributed by atoms with Crippen LogP contribution in [0.1, 0.15) is 0 Å². The standard InChI is InChI=1S/C14H13Cl2N3O4S/c15-8-2-1-3-9(16)12(8)18-14-19-13(23)10(24-14)4-11(22)17-5-7(21)6-20/h1-4,7,20-21H,5-6H2,(H,17,22)(H,18,19,23). The first-order valence-corrected chi connectivity index (χ1v) is 8.28. The molecule has 0 aliphatic carbocycles. The SMILES string of the molecule is O=C(C=C1SC(Nc2c(Cl)cccc2Cl)=NC1=O)NCC(O)CO. The van der Waals surface area contributed by atoms with Gasteiger partial charge in [-0.05, 0) is 23.9 Å². The molecule has 1 aliphatic heterocycles. The Bertz CT molecular complexity index is 704. The van der Waals surface area contributed by atoms with Gasteiger partial charge in [0.15, 0.2) is 5.17 Å². The van der Waals surface area contributed by atoms with E-state index >= 15 is 0 Å². The summed E-state index contributed by atoms with van der Waals surface area (Å²) in [6.07, 6.45) is 0.0128. The van der Waals surface area contributed by atoms with Gasteiger partial charge in [0.05, 0.1) is 33.3 Å². The number of aliphatic imine (C=N–C) groups is 1. The third-order valence-corrected chi connectivity index (χ3v) is 4.33. The van der Waals surface area contributed by atoms with E-state index in [-0.39, 0.29) is 16.6 Å². The molecule has 2 amide bonds. The lowest BCUT2D eigenvalue weighted by Gasteiger charge is -2.08. The highest BCUT2D eigenvalue weighted by Gasteiger charge is 2.24. The largest absolute Gasteiger partial charge is 0.394 e. The molecule has 7 nitrogen and oxygen atoms in total. The summed E-state index contributed by atoms with van der Waals surface area (Å²) < 4.78 is 0. The Morgan fingerprint density at radius 2 is 2.04 bits per heavy atom. The van der Waals surface area contributed by atoms with Crippen molar-refractivity contribution in [2.45, 2.75) is 6.10 Å². The first-order chi connectivity index (χ1) is 11.4. The zero-order chi connectivity index (χ0) is 17.7. The number of benzene rings is 1. The van der Waals surface area contributed by atoms with Gasteiger partial charge in [0, 0.05) is 12.6 Å². The summed E-state index contributed by atoms with van der Waals surface area (Å²) in [5.74, 6) is -1.16. The summed E-state index contributed by atoms with van der Waals surface area (Å²) in [6.45, 7) is -0.598. The maximum absolute atomic E-state index is 11.8. The average molecular weight is 390 g/mol. The molecule has 0 bridgehead atoms. The second-order valence-corrected chi connectivity index (χ2v) is 6.48. The van der Waals surface area contributed by atoms with Crippen molar-refractivity contribution in [2.75, 3.05) is 18.5 Å². The lowest BCUT2D eigenvalue weighted by molar-refractivity contribution is -0.118. The van der Waals surface area contributed by atoms with E-state index in [0.717, 1.165) is 17.8 Å². The minimum atomic E-state index is -1.06. The van der Waals surface area contributed by atoms with E-state index in [1.807, 2.05) is 0 Å². The Morgan fingerprint density at radius 1 is 1.38 bits per heavy atom. The van der Waals surface area contributed by atoms with Crippen LogP contribution >= 0.6 is 35.0 Å². The lowest BCUT2D eigenvalue weighted by Crippen LogP contribution is -2.33. The molecule has 128 valence electrons. The second-order valence-electron chi connectivity index (χ2n) is 4.64. The van der Waals surface area contributed by atoms with Crippen molar-refractivity contribution in [1.82, 2.24) is 5.32 Å². The Balaban J connectivity index is 2.01. The van der Waals surface area contributed by atoms with Crippen molar-refractivity contribution < 1.29 is 19.8 Å². The van der Waals surface area contributed by atoms with Crippen molar-refractivity contribution in [2.24, 2.45) is 4.99 Å². The first kappa shape index (κ1) is 18.8. The Hall–Kier alpha value is -1.58. The summed E-state index contributed by atoms with van der Waals surface area (Å²) >= 11 is 13.0. The van der Waals surface area contributed by atoms with Crippen molar-refractivity contribution in [3.63, 3.8) is 0 Å². The molecule has 1 atom stereocenters. The van der Waals surface area contributed by atoms with Crippen molar-refractivity contribution in [3.05, 3.63) is 39.2 Å². The van der Waals surface area contributed by atoms with Gasteiger partial charge in [-0.15, -0.1) is 0 Å². The number of nitrogens with zero attached hydrogens (tertiary/aromatic N) is 1. The van der Waals surface area contributed by atoms with Crippen LogP contribution in [0.15, 0.2) is 34.2 Å². The predicted octanol–water partition coefficient (Wildman–Crippen LogP) is 1.39. The number of aliphatic hydroxyl groups is 2. The quantitative estimate of drug-likeness (QED) is 0.566. The number of hydrogen-bond acceptors (Lipinski definition) is 6. The zero-order valence-electron chi connectivity index (χ0n) is 12.1. The number of carbonyl (C=O) groups is 2. The van der Waals surface area contributed by atoms with Gasteiger partial charge in [0.1, 0.15) is 0 Å². The number of hydrogen-bond donors (Lipinski definition) is 4. The molecule has 10 heteroatoms. The number of thioether (sulfide) groups is 1. The van der Waals surface area contributed by atoms with Gasteiger partial charge in [-0.1, -0.05) is 29.3 Å². The van der Waals surface area contributed by atoms with E-state index in [9.17, 15) is 9.59 Å². The van der Waals surface area contributed by atoms with Gasteiger partial charge in [-0.25, -0.2) is 0 Å². The number of nitrogens with one attached hydrogen (secondary N) is 2. The van der Waals surface area contributed by atoms with Crippen molar-refractivity contribution in [3.8, 4) is 0 Å². The Kier molecular flexibility index (Phi) is 6.64. The molecule has 1 heterocycles. The first-order valence-electron chi connectivity index (χ1n) is 6.71. The minimum absolute atomic E-state index is 0.108. The fraction of sp³-hybridized carbons (Fsp3) is 0.214. The number of halogens is 2. The van der Waals surface area contributed by atoms with Gasteiger partial charge in [0.25, 0.3) is 5.91 Å². The molecule has 24 heavy (non-hydrogen) atoms. The molecular formula is C14H13Cl2N3O4S. The molecule has 1 aromatic carbocycles. The number of amides is 2. The molecule has 2 rings (SSSR count). The number of anilines is 1. The number of aliphatic hydroxyl groups excluding tert-OH is 2. The van der Waals surface area contributed by atoms with Gasteiger partial charge in [-0.3, -0.25) is 9.59 Å². The normalized spacial score (nSPS) is 16.9. The average Bonchev–Trinajstić information content (AvgIpc) is 2.88. The Labute approximate surface area is 151 Å². The van der Waals surface area contributed by atoms with Crippen molar-refractivity contribution in [1.29, 1.82) is 0 Å². The van der Waals surface area contributed by atoms with Crippen LogP contribution in [-0.2, 0) is 9.59 Å². The maximum Gasteiger partial charge on any atom is 0.286 e. The van der Waals surface area contributed by atoms with Gasteiger partial charge in [-0.2, -0.15) is 4.99 Å². The molecule has 0 fully saturated rings. The van der Waals surface area contributed by atoms with Crippen LogP contribution in [0.4, 0.5) is 5.69 Å². The molecule has 0 saturated heterocycles. The maximum atomic E-state index is 11.8. The molecule has 1 aliphatic rings. The highest BCUT2D eigenvalue weighted by atomic mass is 35.5. The van der Waals surface area contributed by atoms with E-state index in [2.05, 4.69) is 15.6 Å². The van der Waals surface area contributed by atoms with E-state index in [4.69, 9.17) is 33.4 Å². The monoisotopic (exact) mass is 389 g/mol. The number of amidine groups is 1. The summed E-state index contributed by atoms with van der Waals surface area (Å²) in [6, 6.07) is 4.95. The van der Waals surface area contributed by atoms with Crippen LogP contribution in [0.3, 0.4) is 0 Å². The fourth-order valence-corrected chi connectivity index (χ4v) is 2.92. The molecule has 0 radical (unpaired) electrons. The van der Waals surface area contributed by atoms with Crippen LogP contribution in [0.2, 0.25) is 10.0 Å². The van der Waals surface area contributed by atoms with Gasteiger partial charge in [0.2, 0.25) is 5.91 Å². The molecule has 1 aromatic rings. The third-order valence-electron chi connectivity index (χ3n) is 2.80. The van der Waals surface area contributed by atoms with E-state index in [0.29, 0.717) is 15.7 Å². The van der Waals surface area contributed by atoms with E-state index in [1.165, 1.54) is 0 Å². The molecule has 0 aromatic heterocycles. The Morgan fingerprint density at radius 3 is 2.67 bits per heavy atom. The van der Waals surface area contributed by atoms with E-state index in [1.54, 1.807) is 18.2 Å². The number of para-hydroxylation sites is 1. The molecule has 4 N–H and O–H groups in total. The topological polar surface area (TPSA) is 111 Å². The smallest absolute Gasteiger partial charge is 0.286 e. The van der Waals surface area contributed by atoms with Crippen LogP contribution in [0.5, 0.6) is 0 Å². The van der Waals surface area contributed by atoms with Gasteiger partial charge >= 0.3 is 0 Å².